The number of nitrogens with one attached hydrogen (secondary N) is 1. The monoisotopic (exact) mass is 227 g/mol. The van der Waals surface area contributed by atoms with Crippen LogP contribution in [0.4, 0.5) is 0 Å². The zero-order chi connectivity index (χ0) is 11.4. The van der Waals surface area contributed by atoms with Gasteiger partial charge in [-0.15, -0.1) is 0 Å². The first-order valence-electron chi connectivity index (χ1n) is 6.79. The van der Waals surface area contributed by atoms with Gasteiger partial charge in [0.05, 0.1) is 6.10 Å². The lowest BCUT2D eigenvalue weighted by Crippen LogP contribution is -2.62. The molecule has 0 aromatic heterocycles. The molecule has 2 saturated carbocycles. The molecule has 16 heavy (non-hydrogen) atoms. The Morgan fingerprint density at radius 2 is 2.12 bits per heavy atom. The van der Waals surface area contributed by atoms with Gasteiger partial charge in [-0.1, -0.05) is 12.8 Å². The maximum atomic E-state index is 8.80. The highest BCUT2D eigenvalue weighted by Gasteiger charge is 2.56. The molecule has 0 amide bonds. The Kier molecular flexibility index (Phi) is 4.22. The van der Waals surface area contributed by atoms with Crippen molar-refractivity contribution >= 4 is 0 Å². The second kappa shape index (κ2) is 5.48. The van der Waals surface area contributed by atoms with Gasteiger partial charge in [0, 0.05) is 24.7 Å². The number of aliphatic hydroxyl groups excluding tert-OH is 1. The Morgan fingerprint density at radius 3 is 2.75 bits per heavy atom. The molecule has 2 aliphatic carbocycles. The molecule has 0 heterocycles. The van der Waals surface area contributed by atoms with Crippen LogP contribution in [0.5, 0.6) is 0 Å². The van der Waals surface area contributed by atoms with Crippen LogP contribution in [-0.2, 0) is 4.74 Å². The van der Waals surface area contributed by atoms with Crippen LogP contribution in [0.1, 0.15) is 45.4 Å². The molecular weight excluding hydrogens is 202 g/mol. The highest BCUT2D eigenvalue weighted by Crippen LogP contribution is 2.54. The fourth-order valence-electron chi connectivity index (χ4n) is 3.53. The van der Waals surface area contributed by atoms with Gasteiger partial charge in [0.15, 0.2) is 0 Å². The molecule has 0 bridgehead atoms. The van der Waals surface area contributed by atoms with Crippen LogP contribution in [0.15, 0.2) is 0 Å². The van der Waals surface area contributed by atoms with E-state index in [2.05, 4.69) is 12.2 Å². The Morgan fingerprint density at radius 1 is 1.38 bits per heavy atom. The van der Waals surface area contributed by atoms with Crippen molar-refractivity contribution in [3.63, 3.8) is 0 Å². The molecule has 0 aliphatic heterocycles. The van der Waals surface area contributed by atoms with E-state index in [0.29, 0.717) is 24.2 Å². The smallest absolute Gasteiger partial charge is 0.0661 e. The summed E-state index contributed by atoms with van der Waals surface area (Å²) in [6.07, 6.45) is 7.91. The van der Waals surface area contributed by atoms with Gasteiger partial charge in [0.25, 0.3) is 0 Å². The van der Waals surface area contributed by atoms with E-state index in [-0.39, 0.29) is 0 Å². The molecule has 0 aromatic rings. The summed E-state index contributed by atoms with van der Waals surface area (Å²) in [5, 5.41) is 12.4. The minimum absolute atomic E-state index is 0.293. The van der Waals surface area contributed by atoms with Gasteiger partial charge in [-0.2, -0.15) is 0 Å². The third-order valence-electron chi connectivity index (χ3n) is 4.41. The van der Waals surface area contributed by atoms with Gasteiger partial charge < -0.3 is 15.2 Å². The lowest BCUT2D eigenvalue weighted by atomic mass is 9.60. The molecule has 3 nitrogen and oxygen atoms in total. The van der Waals surface area contributed by atoms with Crippen LogP contribution in [-0.4, -0.2) is 37.0 Å². The third kappa shape index (κ3) is 2.13. The summed E-state index contributed by atoms with van der Waals surface area (Å²) in [4.78, 5) is 0. The van der Waals surface area contributed by atoms with Crippen molar-refractivity contribution in [2.45, 2.75) is 57.6 Å². The van der Waals surface area contributed by atoms with Crippen molar-refractivity contribution in [1.29, 1.82) is 0 Å². The van der Waals surface area contributed by atoms with E-state index in [1.54, 1.807) is 0 Å². The van der Waals surface area contributed by atoms with E-state index in [0.717, 1.165) is 19.6 Å². The average Bonchev–Trinajstić information content (AvgIpc) is 2.79. The van der Waals surface area contributed by atoms with E-state index in [1.807, 2.05) is 0 Å². The average molecular weight is 227 g/mol. The summed E-state index contributed by atoms with van der Waals surface area (Å²) >= 11 is 0. The van der Waals surface area contributed by atoms with Crippen molar-refractivity contribution in [1.82, 2.24) is 5.32 Å². The highest BCUT2D eigenvalue weighted by molar-refractivity contribution is 5.09. The van der Waals surface area contributed by atoms with Gasteiger partial charge >= 0.3 is 0 Å². The Hall–Kier alpha value is -0.120. The maximum Gasteiger partial charge on any atom is 0.0661 e. The van der Waals surface area contributed by atoms with Crippen molar-refractivity contribution in [3.05, 3.63) is 0 Å². The van der Waals surface area contributed by atoms with Crippen LogP contribution < -0.4 is 5.32 Å². The first kappa shape index (κ1) is 12.3. The standard InChI is InChI=1S/C13H25NO2/c1-2-16-12-10-11(14-8-5-9-15)13(12)6-3-4-7-13/h11-12,14-15H,2-10H2,1H3. The molecule has 0 aromatic carbocycles. The molecule has 2 atom stereocenters. The summed E-state index contributed by atoms with van der Waals surface area (Å²) in [6, 6.07) is 0.637. The molecule has 2 rings (SSSR count). The number of hydrogen-bond donors (Lipinski definition) is 2. The highest BCUT2D eigenvalue weighted by atomic mass is 16.5. The van der Waals surface area contributed by atoms with Crippen LogP contribution in [0.3, 0.4) is 0 Å². The molecule has 2 N–H and O–H groups in total. The van der Waals surface area contributed by atoms with Gasteiger partial charge in [-0.05, 0) is 39.2 Å². The zero-order valence-electron chi connectivity index (χ0n) is 10.4. The maximum absolute atomic E-state index is 8.80. The van der Waals surface area contributed by atoms with Gasteiger partial charge in [0.2, 0.25) is 0 Å². The normalized spacial score (nSPS) is 31.9. The van der Waals surface area contributed by atoms with Gasteiger partial charge in [0.1, 0.15) is 0 Å². The summed E-state index contributed by atoms with van der Waals surface area (Å²) in [5.41, 5.74) is 0.436. The van der Waals surface area contributed by atoms with Crippen molar-refractivity contribution in [2.24, 2.45) is 5.41 Å². The van der Waals surface area contributed by atoms with Crippen molar-refractivity contribution < 1.29 is 9.84 Å². The first-order valence-corrected chi connectivity index (χ1v) is 6.79. The minimum atomic E-state index is 0.293. The molecular formula is C13H25NO2. The minimum Gasteiger partial charge on any atom is -0.396 e. The fourth-order valence-corrected chi connectivity index (χ4v) is 3.53. The third-order valence-corrected chi connectivity index (χ3v) is 4.41. The first-order chi connectivity index (χ1) is 7.83. The van der Waals surface area contributed by atoms with Crippen LogP contribution >= 0.6 is 0 Å². The topological polar surface area (TPSA) is 41.5 Å². The van der Waals surface area contributed by atoms with E-state index < -0.39 is 0 Å². The number of rotatable bonds is 6. The summed E-state index contributed by atoms with van der Waals surface area (Å²) < 4.78 is 5.86. The molecule has 2 aliphatic rings. The van der Waals surface area contributed by atoms with Crippen LogP contribution in [0, 0.1) is 5.41 Å². The van der Waals surface area contributed by atoms with E-state index in [1.165, 1.54) is 32.1 Å². The number of aliphatic hydroxyl groups is 1. The predicted octanol–water partition coefficient (Wildman–Crippen LogP) is 1.70. The number of ether oxygens (including phenoxy) is 1. The summed E-state index contributed by atoms with van der Waals surface area (Å²) in [7, 11) is 0. The molecule has 1 spiro atoms. The van der Waals surface area contributed by atoms with Gasteiger partial charge in [-0.25, -0.2) is 0 Å². The summed E-state index contributed by atoms with van der Waals surface area (Å²) in [5.74, 6) is 0. The lowest BCUT2D eigenvalue weighted by molar-refractivity contribution is -0.130. The summed E-state index contributed by atoms with van der Waals surface area (Å²) in [6.45, 7) is 4.17. The Bertz CT molecular complexity index is 212. The lowest BCUT2D eigenvalue weighted by Gasteiger charge is -2.54. The molecule has 0 saturated heterocycles. The van der Waals surface area contributed by atoms with Crippen LogP contribution in [0.25, 0.3) is 0 Å². The van der Waals surface area contributed by atoms with E-state index >= 15 is 0 Å². The molecule has 2 fully saturated rings. The molecule has 2 unspecified atom stereocenters. The Labute approximate surface area is 98.6 Å². The zero-order valence-corrected chi connectivity index (χ0v) is 10.4. The van der Waals surface area contributed by atoms with E-state index in [9.17, 15) is 0 Å². The van der Waals surface area contributed by atoms with E-state index in [4.69, 9.17) is 9.84 Å². The quantitative estimate of drug-likeness (QED) is 0.679. The molecule has 0 radical (unpaired) electrons. The largest absolute Gasteiger partial charge is 0.396 e. The van der Waals surface area contributed by atoms with Crippen molar-refractivity contribution in [2.75, 3.05) is 19.8 Å². The predicted molar refractivity (Wildman–Crippen MR) is 64.4 cm³/mol. The Balaban J connectivity index is 1.85. The fraction of sp³-hybridized carbons (Fsp3) is 1.00. The number of hydrogen-bond acceptors (Lipinski definition) is 3. The molecule has 94 valence electrons. The second-order valence-corrected chi connectivity index (χ2v) is 5.20. The van der Waals surface area contributed by atoms with Gasteiger partial charge in [-0.3, -0.25) is 0 Å². The van der Waals surface area contributed by atoms with Crippen molar-refractivity contribution in [3.8, 4) is 0 Å². The van der Waals surface area contributed by atoms with Crippen LogP contribution in [0.2, 0.25) is 0 Å². The molecule has 3 heteroatoms. The second-order valence-electron chi connectivity index (χ2n) is 5.20. The SMILES string of the molecule is CCOC1CC(NCCCO)C12CCCC2.